The SMILES string of the molecule is CC(=O)NCC1(C)N(C)N1C. The van der Waals surface area contributed by atoms with Crippen molar-refractivity contribution in [3.8, 4) is 0 Å². The molecule has 1 fully saturated rings. The summed E-state index contributed by atoms with van der Waals surface area (Å²) < 4.78 is 0. The zero-order valence-electron chi connectivity index (χ0n) is 7.51. The van der Waals surface area contributed by atoms with Gasteiger partial charge in [0.2, 0.25) is 5.91 Å². The summed E-state index contributed by atoms with van der Waals surface area (Å²) >= 11 is 0. The van der Waals surface area contributed by atoms with Crippen LogP contribution in [-0.2, 0) is 4.79 Å². The second kappa shape index (κ2) is 2.46. The second-order valence-electron chi connectivity index (χ2n) is 3.17. The lowest BCUT2D eigenvalue weighted by atomic mass is 10.3. The van der Waals surface area contributed by atoms with Gasteiger partial charge in [0.25, 0.3) is 0 Å². The third-order valence-electron chi connectivity index (χ3n) is 2.48. The molecule has 2 unspecified atom stereocenters. The van der Waals surface area contributed by atoms with Gasteiger partial charge in [0, 0.05) is 21.0 Å². The van der Waals surface area contributed by atoms with Gasteiger partial charge < -0.3 is 5.32 Å². The van der Waals surface area contributed by atoms with E-state index in [0.29, 0.717) is 6.54 Å². The Labute approximate surface area is 67.1 Å². The van der Waals surface area contributed by atoms with E-state index in [1.807, 2.05) is 14.1 Å². The number of carbonyl (C=O) groups is 1. The Balaban J connectivity index is 2.33. The van der Waals surface area contributed by atoms with Crippen LogP contribution in [0.15, 0.2) is 0 Å². The highest BCUT2D eigenvalue weighted by Crippen LogP contribution is 2.33. The number of nitrogens with one attached hydrogen (secondary N) is 1. The highest BCUT2D eigenvalue weighted by atomic mass is 16.1. The van der Waals surface area contributed by atoms with Gasteiger partial charge in [-0.3, -0.25) is 4.79 Å². The van der Waals surface area contributed by atoms with Crippen molar-refractivity contribution in [3.63, 3.8) is 0 Å². The van der Waals surface area contributed by atoms with Gasteiger partial charge in [-0.2, -0.15) is 0 Å². The first-order chi connectivity index (χ1) is 4.98. The van der Waals surface area contributed by atoms with Crippen LogP contribution in [0.25, 0.3) is 0 Å². The number of nitrogens with zero attached hydrogens (tertiary/aromatic N) is 2. The molecule has 1 saturated heterocycles. The molecule has 0 aliphatic carbocycles. The fourth-order valence-electron chi connectivity index (χ4n) is 1.14. The Hall–Kier alpha value is -0.610. The van der Waals surface area contributed by atoms with Crippen molar-refractivity contribution in [3.05, 3.63) is 0 Å². The van der Waals surface area contributed by atoms with Gasteiger partial charge in [-0.1, -0.05) is 0 Å². The summed E-state index contributed by atoms with van der Waals surface area (Å²) in [5.74, 6) is 0.0277. The standard InChI is InChI=1S/C7H15N3O/c1-6(11)8-5-7(2)9(3)10(7)4/h5H2,1-4H3,(H,8,11). The minimum Gasteiger partial charge on any atom is -0.353 e. The highest BCUT2D eigenvalue weighted by molar-refractivity contribution is 5.72. The second-order valence-corrected chi connectivity index (χ2v) is 3.17. The summed E-state index contributed by atoms with van der Waals surface area (Å²) in [5, 5.41) is 6.96. The maximum absolute atomic E-state index is 10.6. The molecule has 0 spiro atoms. The zero-order valence-corrected chi connectivity index (χ0v) is 7.51. The molecule has 2 atom stereocenters. The maximum Gasteiger partial charge on any atom is 0.216 e. The molecule has 1 N–H and O–H groups in total. The van der Waals surface area contributed by atoms with Crippen LogP contribution in [0.5, 0.6) is 0 Å². The molecule has 0 aromatic carbocycles. The molecule has 1 amide bonds. The van der Waals surface area contributed by atoms with E-state index in [9.17, 15) is 4.79 Å². The monoisotopic (exact) mass is 157 g/mol. The van der Waals surface area contributed by atoms with Crippen molar-refractivity contribution in [2.24, 2.45) is 0 Å². The third-order valence-corrected chi connectivity index (χ3v) is 2.48. The molecule has 1 aliphatic heterocycles. The van der Waals surface area contributed by atoms with Crippen LogP contribution in [0.1, 0.15) is 13.8 Å². The fraction of sp³-hybridized carbons (Fsp3) is 0.857. The van der Waals surface area contributed by atoms with E-state index in [0.717, 1.165) is 0 Å². The van der Waals surface area contributed by atoms with E-state index in [-0.39, 0.29) is 11.6 Å². The normalized spacial score (nSPS) is 41.8. The molecule has 0 bridgehead atoms. The molecule has 0 aromatic heterocycles. The molecule has 64 valence electrons. The molecule has 0 radical (unpaired) electrons. The lowest BCUT2D eigenvalue weighted by Crippen LogP contribution is -2.34. The largest absolute Gasteiger partial charge is 0.353 e. The maximum atomic E-state index is 10.6. The lowest BCUT2D eigenvalue weighted by Gasteiger charge is -2.07. The smallest absolute Gasteiger partial charge is 0.216 e. The number of hydrogen-bond donors (Lipinski definition) is 1. The first-order valence-corrected chi connectivity index (χ1v) is 3.70. The molecule has 0 aromatic rings. The van der Waals surface area contributed by atoms with Gasteiger partial charge >= 0.3 is 0 Å². The summed E-state index contributed by atoms with van der Waals surface area (Å²) in [7, 11) is 4.00. The number of rotatable bonds is 2. The zero-order chi connectivity index (χ0) is 8.65. The van der Waals surface area contributed by atoms with Crippen LogP contribution in [0.4, 0.5) is 0 Å². The third kappa shape index (κ3) is 1.36. The summed E-state index contributed by atoms with van der Waals surface area (Å²) in [6.07, 6.45) is 0. The molecule has 11 heavy (non-hydrogen) atoms. The van der Waals surface area contributed by atoms with Crippen LogP contribution in [0.2, 0.25) is 0 Å². The van der Waals surface area contributed by atoms with Gasteiger partial charge in [0.1, 0.15) is 5.66 Å². The van der Waals surface area contributed by atoms with Crippen molar-refractivity contribution in [1.82, 2.24) is 15.3 Å². The van der Waals surface area contributed by atoms with Crippen LogP contribution in [0, 0.1) is 0 Å². The van der Waals surface area contributed by atoms with Crippen molar-refractivity contribution in [2.45, 2.75) is 19.5 Å². The van der Waals surface area contributed by atoms with Crippen LogP contribution >= 0.6 is 0 Å². The van der Waals surface area contributed by atoms with Gasteiger partial charge in [-0.15, -0.1) is 0 Å². The minimum atomic E-state index is 0.0277. The van der Waals surface area contributed by atoms with E-state index in [1.165, 1.54) is 6.92 Å². The van der Waals surface area contributed by atoms with Gasteiger partial charge in [-0.25, -0.2) is 10.0 Å². The lowest BCUT2D eigenvalue weighted by molar-refractivity contribution is -0.119. The van der Waals surface area contributed by atoms with Crippen LogP contribution in [-0.4, -0.2) is 42.2 Å². The topological polar surface area (TPSA) is 35.1 Å². The average Bonchev–Trinajstić information content (AvgIpc) is 2.38. The molecule has 1 rings (SSSR count). The average molecular weight is 157 g/mol. The molecule has 4 nitrogen and oxygen atoms in total. The van der Waals surface area contributed by atoms with Gasteiger partial charge in [0.15, 0.2) is 0 Å². The summed E-state index contributed by atoms with van der Waals surface area (Å²) in [6.45, 7) is 4.31. The number of hydrazine groups is 1. The number of likely N-dealkylation sites (N-methyl/N-ethyl adjacent to an activating group) is 2. The number of hydrogen-bond acceptors (Lipinski definition) is 3. The van der Waals surface area contributed by atoms with Gasteiger partial charge in [-0.05, 0) is 6.92 Å². The van der Waals surface area contributed by atoms with E-state index in [1.54, 1.807) is 0 Å². The first kappa shape index (κ1) is 8.49. The summed E-state index contributed by atoms with van der Waals surface area (Å²) in [4.78, 5) is 10.6. The Morgan fingerprint density at radius 2 is 1.91 bits per heavy atom. The Bertz CT molecular complexity index is 173. The highest BCUT2D eigenvalue weighted by Gasteiger charge is 2.51. The van der Waals surface area contributed by atoms with E-state index in [2.05, 4.69) is 22.3 Å². The van der Waals surface area contributed by atoms with E-state index < -0.39 is 0 Å². The molecule has 1 heterocycles. The predicted molar refractivity (Wildman–Crippen MR) is 42.6 cm³/mol. The van der Waals surface area contributed by atoms with Crippen molar-refractivity contribution in [1.29, 1.82) is 0 Å². The Morgan fingerprint density at radius 1 is 1.45 bits per heavy atom. The molecule has 1 aliphatic rings. The Kier molecular flexibility index (Phi) is 1.90. The summed E-state index contributed by atoms with van der Waals surface area (Å²) in [6, 6.07) is 0. The van der Waals surface area contributed by atoms with Crippen molar-refractivity contribution in [2.75, 3.05) is 20.6 Å². The van der Waals surface area contributed by atoms with E-state index in [4.69, 9.17) is 0 Å². The Morgan fingerprint density at radius 3 is 2.18 bits per heavy atom. The number of amides is 1. The molecule has 0 saturated carbocycles. The van der Waals surface area contributed by atoms with Crippen LogP contribution in [0.3, 0.4) is 0 Å². The fourth-order valence-corrected chi connectivity index (χ4v) is 1.14. The molecular weight excluding hydrogens is 142 g/mol. The predicted octanol–water partition coefficient (Wildman–Crippen LogP) is -0.369. The molecule has 4 heteroatoms. The van der Waals surface area contributed by atoms with Crippen molar-refractivity contribution < 1.29 is 4.79 Å². The van der Waals surface area contributed by atoms with Gasteiger partial charge in [0.05, 0.1) is 6.54 Å². The van der Waals surface area contributed by atoms with Crippen LogP contribution < -0.4 is 5.32 Å². The number of carbonyl (C=O) groups excluding carboxylic acids is 1. The minimum absolute atomic E-state index is 0.0277. The molecular formula is C7H15N3O. The quantitative estimate of drug-likeness (QED) is 0.555. The summed E-state index contributed by atoms with van der Waals surface area (Å²) in [5.41, 5.74) is 0.0334. The van der Waals surface area contributed by atoms with E-state index >= 15 is 0 Å². The first-order valence-electron chi connectivity index (χ1n) is 3.70. The van der Waals surface area contributed by atoms with Crippen molar-refractivity contribution >= 4 is 5.91 Å².